The molecule has 0 amide bonds. The van der Waals surface area contributed by atoms with Gasteiger partial charge in [-0.2, -0.15) is 5.10 Å². The predicted octanol–water partition coefficient (Wildman–Crippen LogP) is 4.23. The molecule has 0 spiro atoms. The number of nitrogens with zero attached hydrogens (tertiary/aromatic N) is 1. The number of H-pyrrole nitrogens is 1. The number of hydrogen-bond acceptors (Lipinski definition) is 3. The molecule has 0 saturated heterocycles. The Morgan fingerprint density at radius 2 is 1.89 bits per heavy atom. The summed E-state index contributed by atoms with van der Waals surface area (Å²) in [5, 5.41) is 7.76. The van der Waals surface area contributed by atoms with Crippen molar-refractivity contribution in [3.63, 3.8) is 0 Å². The topological polar surface area (TPSA) is 67.8 Å². The van der Waals surface area contributed by atoms with Gasteiger partial charge in [0.1, 0.15) is 0 Å². The highest BCUT2D eigenvalue weighted by atomic mass is 35.5. The fraction of sp³-hybridized carbons (Fsp3) is 0. The zero-order valence-electron chi connectivity index (χ0n) is 9.65. The molecular weight excluding hydrogens is 285 g/mol. The second kappa shape index (κ2) is 4.64. The molecular formula is C13H9Cl2N3O. The molecule has 2 heterocycles. The van der Waals surface area contributed by atoms with Crippen LogP contribution < -0.4 is 5.73 Å². The van der Waals surface area contributed by atoms with E-state index >= 15 is 0 Å². The first-order valence-electron chi connectivity index (χ1n) is 5.50. The van der Waals surface area contributed by atoms with Crippen molar-refractivity contribution in [1.29, 1.82) is 0 Å². The van der Waals surface area contributed by atoms with E-state index < -0.39 is 0 Å². The molecule has 3 N–H and O–H groups in total. The second-order valence-corrected chi connectivity index (χ2v) is 4.70. The maximum Gasteiger partial charge on any atom is 0.202 e. The number of anilines is 1. The van der Waals surface area contributed by atoms with Crippen molar-refractivity contribution in [2.24, 2.45) is 0 Å². The van der Waals surface area contributed by atoms with Gasteiger partial charge in [-0.3, -0.25) is 5.10 Å². The number of furan rings is 1. The number of hydrogen-bond donors (Lipinski definition) is 2. The van der Waals surface area contributed by atoms with Gasteiger partial charge in [0.15, 0.2) is 5.82 Å². The molecule has 2 aromatic heterocycles. The number of aromatic amines is 1. The summed E-state index contributed by atoms with van der Waals surface area (Å²) in [5.74, 6) is 0.361. The number of benzene rings is 1. The lowest BCUT2D eigenvalue weighted by Crippen LogP contribution is -1.89. The third-order valence-electron chi connectivity index (χ3n) is 2.82. The molecule has 0 radical (unpaired) electrons. The molecule has 0 unspecified atom stereocenters. The van der Waals surface area contributed by atoms with Crippen molar-refractivity contribution < 1.29 is 4.42 Å². The second-order valence-electron chi connectivity index (χ2n) is 3.95. The van der Waals surface area contributed by atoms with Crippen LogP contribution >= 0.6 is 23.2 Å². The van der Waals surface area contributed by atoms with Gasteiger partial charge in [0.05, 0.1) is 23.1 Å². The lowest BCUT2D eigenvalue weighted by atomic mass is 10.0. The number of halogens is 2. The summed E-state index contributed by atoms with van der Waals surface area (Å²) in [7, 11) is 0. The van der Waals surface area contributed by atoms with Crippen molar-refractivity contribution in [2.45, 2.75) is 0 Å². The van der Waals surface area contributed by atoms with E-state index in [0.29, 0.717) is 27.7 Å². The first kappa shape index (κ1) is 12.1. The lowest BCUT2D eigenvalue weighted by molar-refractivity contribution is 0.570. The molecule has 4 nitrogen and oxygen atoms in total. The molecule has 6 heteroatoms. The highest BCUT2D eigenvalue weighted by Gasteiger charge is 2.19. The van der Waals surface area contributed by atoms with Crippen molar-refractivity contribution in [3.05, 3.63) is 46.8 Å². The average Bonchev–Trinajstić information content (AvgIpc) is 2.96. The Labute approximate surface area is 119 Å². The van der Waals surface area contributed by atoms with Gasteiger partial charge in [0.25, 0.3) is 0 Å². The number of nitrogens with two attached hydrogens (primary N) is 1. The fourth-order valence-electron chi connectivity index (χ4n) is 1.96. The van der Waals surface area contributed by atoms with Crippen LogP contribution in [-0.4, -0.2) is 10.2 Å². The van der Waals surface area contributed by atoms with Crippen molar-refractivity contribution in [1.82, 2.24) is 10.2 Å². The first-order chi connectivity index (χ1) is 9.18. The predicted molar refractivity (Wildman–Crippen MR) is 76.2 cm³/mol. The molecule has 0 aliphatic rings. The van der Waals surface area contributed by atoms with Gasteiger partial charge in [-0.15, -0.1) is 0 Å². The largest absolute Gasteiger partial charge is 0.452 e. The van der Waals surface area contributed by atoms with E-state index in [0.717, 1.165) is 5.56 Å². The summed E-state index contributed by atoms with van der Waals surface area (Å²) in [5.41, 5.74) is 8.81. The van der Waals surface area contributed by atoms with Gasteiger partial charge in [-0.25, -0.2) is 0 Å². The number of nitrogens with one attached hydrogen (secondary N) is 1. The Kier molecular flexibility index (Phi) is 2.97. The average molecular weight is 294 g/mol. The third-order valence-corrected chi connectivity index (χ3v) is 3.45. The van der Waals surface area contributed by atoms with E-state index in [4.69, 9.17) is 33.4 Å². The Hall–Kier alpha value is -1.91. The van der Waals surface area contributed by atoms with Gasteiger partial charge >= 0.3 is 0 Å². The van der Waals surface area contributed by atoms with Crippen molar-refractivity contribution in [2.75, 3.05) is 5.73 Å². The Morgan fingerprint density at radius 3 is 2.58 bits per heavy atom. The lowest BCUT2D eigenvalue weighted by Gasteiger charge is -2.05. The minimum atomic E-state index is 0.275. The Bertz CT molecular complexity index is 733. The van der Waals surface area contributed by atoms with Crippen LogP contribution in [-0.2, 0) is 0 Å². The van der Waals surface area contributed by atoms with Gasteiger partial charge < -0.3 is 10.2 Å². The Balaban J connectivity index is 2.26. The van der Waals surface area contributed by atoms with Crippen molar-refractivity contribution in [3.8, 4) is 22.4 Å². The SMILES string of the molecule is Nc1n[nH]c(-c2ccoc2Cl)c1-c1ccccc1Cl. The number of aromatic nitrogens is 2. The minimum Gasteiger partial charge on any atom is -0.452 e. The zero-order valence-corrected chi connectivity index (χ0v) is 11.2. The van der Waals surface area contributed by atoms with Crippen LogP contribution in [0, 0.1) is 0 Å². The van der Waals surface area contributed by atoms with E-state index in [2.05, 4.69) is 10.2 Å². The van der Waals surface area contributed by atoms with Crippen LogP contribution in [0.5, 0.6) is 0 Å². The van der Waals surface area contributed by atoms with Crippen LogP contribution in [0.2, 0.25) is 10.2 Å². The van der Waals surface area contributed by atoms with Gasteiger partial charge in [-0.05, 0) is 23.7 Å². The summed E-state index contributed by atoms with van der Waals surface area (Å²) in [6.45, 7) is 0. The minimum absolute atomic E-state index is 0.275. The van der Waals surface area contributed by atoms with Gasteiger partial charge in [0.2, 0.25) is 5.22 Å². The van der Waals surface area contributed by atoms with Crippen molar-refractivity contribution >= 4 is 29.0 Å². The monoisotopic (exact) mass is 293 g/mol. The van der Waals surface area contributed by atoms with Crippen LogP contribution in [0.4, 0.5) is 5.82 Å². The molecule has 0 aliphatic heterocycles. The zero-order chi connectivity index (χ0) is 13.4. The van der Waals surface area contributed by atoms with E-state index in [1.54, 1.807) is 12.1 Å². The van der Waals surface area contributed by atoms with E-state index in [1.807, 2.05) is 18.2 Å². The summed E-state index contributed by atoms with van der Waals surface area (Å²) in [6, 6.07) is 9.15. The van der Waals surface area contributed by atoms with Crippen LogP contribution in [0.15, 0.2) is 41.0 Å². The van der Waals surface area contributed by atoms with E-state index in [-0.39, 0.29) is 5.22 Å². The molecule has 3 aromatic rings. The van der Waals surface area contributed by atoms with E-state index in [1.165, 1.54) is 6.26 Å². The number of nitrogen functional groups attached to an aromatic ring is 1. The van der Waals surface area contributed by atoms with Crippen LogP contribution in [0.25, 0.3) is 22.4 Å². The summed E-state index contributed by atoms with van der Waals surface area (Å²) in [6.07, 6.45) is 1.51. The van der Waals surface area contributed by atoms with Gasteiger partial charge in [0, 0.05) is 10.6 Å². The number of rotatable bonds is 2. The molecule has 0 atom stereocenters. The summed E-state index contributed by atoms with van der Waals surface area (Å²) in [4.78, 5) is 0. The third kappa shape index (κ3) is 1.99. The first-order valence-corrected chi connectivity index (χ1v) is 6.26. The molecule has 0 aliphatic carbocycles. The normalized spacial score (nSPS) is 10.8. The molecule has 19 heavy (non-hydrogen) atoms. The molecule has 0 saturated carbocycles. The molecule has 96 valence electrons. The smallest absolute Gasteiger partial charge is 0.202 e. The molecule has 0 bridgehead atoms. The maximum atomic E-state index is 6.21. The fourth-order valence-corrected chi connectivity index (χ4v) is 2.40. The molecule has 1 aromatic carbocycles. The van der Waals surface area contributed by atoms with E-state index in [9.17, 15) is 0 Å². The standard InChI is InChI=1S/C13H9Cl2N3O/c14-9-4-2-1-3-7(9)10-11(17-18-13(10)16)8-5-6-19-12(8)15/h1-6H,(H3,16,17,18). The summed E-state index contributed by atoms with van der Waals surface area (Å²) >= 11 is 12.2. The maximum absolute atomic E-state index is 6.21. The highest BCUT2D eigenvalue weighted by Crippen LogP contribution is 2.40. The highest BCUT2D eigenvalue weighted by molar-refractivity contribution is 6.34. The van der Waals surface area contributed by atoms with Crippen LogP contribution in [0.3, 0.4) is 0 Å². The molecule has 3 rings (SSSR count). The van der Waals surface area contributed by atoms with Gasteiger partial charge in [-0.1, -0.05) is 29.8 Å². The van der Waals surface area contributed by atoms with Crippen LogP contribution in [0.1, 0.15) is 0 Å². The quantitative estimate of drug-likeness (QED) is 0.743. The summed E-state index contributed by atoms with van der Waals surface area (Å²) < 4.78 is 5.09. The Morgan fingerprint density at radius 1 is 1.11 bits per heavy atom. The molecule has 0 fully saturated rings.